The topological polar surface area (TPSA) is 39.7 Å². The highest BCUT2D eigenvalue weighted by Gasteiger charge is 2.49. The quantitative estimate of drug-likeness (QED) is 0.870. The van der Waals surface area contributed by atoms with Gasteiger partial charge in [0, 0.05) is 18.5 Å². The Labute approximate surface area is 107 Å². The summed E-state index contributed by atoms with van der Waals surface area (Å²) in [6.07, 6.45) is 0. The number of benzene rings is 1. The van der Waals surface area contributed by atoms with Crippen LogP contribution in [0.4, 0.5) is 0 Å². The van der Waals surface area contributed by atoms with Crippen molar-refractivity contribution in [2.24, 2.45) is 5.92 Å². The van der Waals surface area contributed by atoms with E-state index in [-0.39, 0.29) is 5.41 Å². The second kappa shape index (κ2) is 4.44. The van der Waals surface area contributed by atoms with Crippen molar-refractivity contribution in [1.82, 2.24) is 5.32 Å². The van der Waals surface area contributed by atoms with Gasteiger partial charge in [0.15, 0.2) is 11.5 Å². The third-order valence-corrected chi connectivity index (χ3v) is 4.24. The average molecular weight is 249 g/mol. The lowest BCUT2D eigenvalue weighted by molar-refractivity contribution is -0.101. The lowest BCUT2D eigenvalue weighted by atomic mass is 9.66. The van der Waals surface area contributed by atoms with Gasteiger partial charge >= 0.3 is 0 Å². The van der Waals surface area contributed by atoms with E-state index in [0.29, 0.717) is 5.92 Å². The highest BCUT2D eigenvalue weighted by molar-refractivity contribution is 5.46. The van der Waals surface area contributed by atoms with Gasteiger partial charge in [-0.25, -0.2) is 0 Å². The Morgan fingerprint density at radius 3 is 2.33 bits per heavy atom. The van der Waals surface area contributed by atoms with Crippen LogP contribution in [0.3, 0.4) is 0 Å². The highest BCUT2D eigenvalue weighted by atomic mass is 16.5. The van der Waals surface area contributed by atoms with Crippen molar-refractivity contribution in [3.63, 3.8) is 0 Å². The smallest absolute Gasteiger partial charge is 0.161 e. The van der Waals surface area contributed by atoms with Crippen molar-refractivity contribution in [3.05, 3.63) is 23.8 Å². The van der Waals surface area contributed by atoms with E-state index in [0.717, 1.165) is 37.8 Å². The third-order valence-electron chi connectivity index (χ3n) is 4.24. The van der Waals surface area contributed by atoms with Gasteiger partial charge in [-0.1, -0.05) is 6.07 Å². The van der Waals surface area contributed by atoms with Crippen LogP contribution in [0.25, 0.3) is 0 Å². The predicted molar refractivity (Wildman–Crippen MR) is 68.4 cm³/mol. The molecule has 2 heterocycles. The molecule has 2 saturated heterocycles. The van der Waals surface area contributed by atoms with Gasteiger partial charge in [0.1, 0.15) is 0 Å². The predicted octanol–water partition coefficient (Wildman–Crippen LogP) is 1.19. The lowest BCUT2D eigenvalue weighted by Gasteiger charge is -2.51. The minimum atomic E-state index is 0.171. The maximum absolute atomic E-state index is 5.48. The fourth-order valence-corrected chi connectivity index (χ4v) is 2.79. The van der Waals surface area contributed by atoms with E-state index in [1.807, 2.05) is 6.07 Å². The van der Waals surface area contributed by atoms with Gasteiger partial charge in [-0.3, -0.25) is 0 Å². The molecule has 98 valence electrons. The fraction of sp³-hybridized carbons (Fsp3) is 0.571. The molecule has 2 fully saturated rings. The molecule has 18 heavy (non-hydrogen) atoms. The highest BCUT2D eigenvalue weighted by Crippen LogP contribution is 2.43. The van der Waals surface area contributed by atoms with Crippen LogP contribution in [0.15, 0.2) is 18.2 Å². The molecule has 4 heteroatoms. The number of hydrogen-bond acceptors (Lipinski definition) is 4. The Hall–Kier alpha value is -1.26. The average Bonchev–Trinajstić information content (AvgIpc) is 2.30. The van der Waals surface area contributed by atoms with E-state index in [9.17, 15) is 0 Å². The van der Waals surface area contributed by atoms with Crippen molar-refractivity contribution in [3.8, 4) is 11.5 Å². The minimum Gasteiger partial charge on any atom is -0.493 e. The van der Waals surface area contributed by atoms with E-state index in [2.05, 4.69) is 17.4 Å². The van der Waals surface area contributed by atoms with E-state index in [4.69, 9.17) is 14.2 Å². The van der Waals surface area contributed by atoms with Crippen molar-refractivity contribution < 1.29 is 14.2 Å². The molecule has 0 radical (unpaired) electrons. The van der Waals surface area contributed by atoms with Crippen LogP contribution >= 0.6 is 0 Å². The SMILES string of the molecule is COc1ccc(C2(C3CNC3)COC2)cc1OC. The van der Waals surface area contributed by atoms with Crippen LogP contribution in [0, 0.1) is 5.92 Å². The first-order valence-corrected chi connectivity index (χ1v) is 6.31. The maximum atomic E-state index is 5.48. The summed E-state index contributed by atoms with van der Waals surface area (Å²) in [5, 5.41) is 3.34. The summed E-state index contributed by atoms with van der Waals surface area (Å²) in [5.74, 6) is 2.25. The van der Waals surface area contributed by atoms with E-state index >= 15 is 0 Å². The molecule has 1 aromatic carbocycles. The van der Waals surface area contributed by atoms with Gasteiger partial charge in [-0.15, -0.1) is 0 Å². The molecule has 1 aromatic rings. The summed E-state index contributed by atoms with van der Waals surface area (Å²) in [7, 11) is 3.34. The Bertz CT molecular complexity index is 439. The van der Waals surface area contributed by atoms with Crippen LogP contribution in [-0.4, -0.2) is 40.5 Å². The molecule has 4 nitrogen and oxygen atoms in total. The second-order valence-corrected chi connectivity index (χ2v) is 5.07. The number of ether oxygens (including phenoxy) is 3. The number of hydrogen-bond donors (Lipinski definition) is 1. The normalized spacial score (nSPS) is 21.9. The zero-order valence-electron chi connectivity index (χ0n) is 10.9. The summed E-state index contributed by atoms with van der Waals surface area (Å²) >= 11 is 0. The first kappa shape index (κ1) is 11.8. The molecule has 0 saturated carbocycles. The molecule has 1 N–H and O–H groups in total. The Balaban J connectivity index is 1.95. The van der Waals surface area contributed by atoms with Gasteiger partial charge in [-0.05, 0) is 23.6 Å². The van der Waals surface area contributed by atoms with Crippen LogP contribution in [-0.2, 0) is 10.2 Å². The van der Waals surface area contributed by atoms with Crippen LogP contribution in [0.2, 0.25) is 0 Å². The van der Waals surface area contributed by atoms with Crippen molar-refractivity contribution in [2.45, 2.75) is 5.41 Å². The summed E-state index contributed by atoms with van der Waals surface area (Å²) in [6, 6.07) is 6.22. The van der Waals surface area contributed by atoms with Gasteiger partial charge in [0.25, 0.3) is 0 Å². The molecule has 0 amide bonds. The fourth-order valence-electron chi connectivity index (χ4n) is 2.79. The van der Waals surface area contributed by atoms with E-state index < -0.39 is 0 Å². The Morgan fingerprint density at radius 1 is 1.17 bits per heavy atom. The molecular weight excluding hydrogens is 230 g/mol. The van der Waals surface area contributed by atoms with Crippen LogP contribution in [0.1, 0.15) is 5.56 Å². The van der Waals surface area contributed by atoms with E-state index in [1.54, 1.807) is 14.2 Å². The molecule has 0 bridgehead atoms. The van der Waals surface area contributed by atoms with Crippen molar-refractivity contribution in [1.29, 1.82) is 0 Å². The first-order valence-electron chi connectivity index (χ1n) is 6.31. The largest absolute Gasteiger partial charge is 0.493 e. The molecule has 2 aliphatic heterocycles. The monoisotopic (exact) mass is 249 g/mol. The zero-order chi connectivity index (χ0) is 12.6. The van der Waals surface area contributed by atoms with E-state index in [1.165, 1.54) is 5.56 Å². The van der Waals surface area contributed by atoms with Crippen LogP contribution < -0.4 is 14.8 Å². The molecular formula is C14H19NO3. The second-order valence-electron chi connectivity index (χ2n) is 5.07. The maximum Gasteiger partial charge on any atom is 0.161 e. The Kier molecular flexibility index (Phi) is 2.92. The number of methoxy groups -OCH3 is 2. The number of rotatable bonds is 4. The number of nitrogens with one attached hydrogen (secondary N) is 1. The van der Waals surface area contributed by atoms with Crippen molar-refractivity contribution in [2.75, 3.05) is 40.5 Å². The summed E-state index contributed by atoms with van der Waals surface area (Å²) in [4.78, 5) is 0. The molecule has 0 spiro atoms. The Morgan fingerprint density at radius 2 is 1.89 bits per heavy atom. The standard InChI is InChI=1S/C14H19NO3/c1-16-12-4-3-10(5-13(12)17-2)14(8-18-9-14)11-6-15-7-11/h3-5,11,15H,6-9H2,1-2H3. The first-order chi connectivity index (χ1) is 8.80. The lowest BCUT2D eigenvalue weighted by Crippen LogP contribution is -2.62. The van der Waals surface area contributed by atoms with Gasteiger partial charge in [0.05, 0.1) is 27.4 Å². The third kappa shape index (κ3) is 1.60. The molecule has 0 aliphatic carbocycles. The molecule has 3 rings (SSSR count). The summed E-state index contributed by atoms with van der Waals surface area (Å²) < 4.78 is 16.2. The van der Waals surface area contributed by atoms with Crippen molar-refractivity contribution >= 4 is 0 Å². The molecule has 2 aliphatic rings. The van der Waals surface area contributed by atoms with Gasteiger partial charge in [0.2, 0.25) is 0 Å². The zero-order valence-corrected chi connectivity index (χ0v) is 10.9. The molecule has 0 atom stereocenters. The van der Waals surface area contributed by atoms with Gasteiger partial charge in [-0.2, -0.15) is 0 Å². The summed E-state index contributed by atoms with van der Waals surface area (Å²) in [5.41, 5.74) is 1.48. The van der Waals surface area contributed by atoms with Crippen LogP contribution in [0.5, 0.6) is 11.5 Å². The molecule has 0 aromatic heterocycles. The molecule has 0 unspecified atom stereocenters. The minimum absolute atomic E-state index is 0.171. The van der Waals surface area contributed by atoms with Gasteiger partial charge < -0.3 is 19.5 Å². The summed E-state index contributed by atoms with van der Waals surface area (Å²) in [6.45, 7) is 3.79.